The number of hydrogen-bond donors (Lipinski definition) is 0. The van der Waals surface area contributed by atoms with E-state index in [2.05, 4.69) is 19.8 Å². The maximum absolute atomic E-state index is 12.7. The molecule has 0 N–H and O–H groups in total. The molecular formula is C18H28N6O. The van der Waals surface area contributed by atoms with Crippen LogP contribution in [-0.2, 0) is 13.2 Å². The van der Waals surface area contributed by atoms with Crippen LogP contribution in [-0.4, -0.2) is 61.6 Å². The largest absolute Gasteiger partial charge is 0.314 e. The Kier molecular flexibility index (Phi) is 5.12. The third kappa shape index (κ3) is 3.77. The lowest BCUT2D eigenvalue weighted by atomic mass is 10.1. The first kappa shape index (κ1) is 16.7. The minimum absolute atomic E-state index is 0.0210. The summed E-state index contributed by atoms with van der Waals surface area (Å²) in [5, 5.41) is 0. The number of fused-ring (bicyclic) bond motifs is 1. The zero-order chi connectivity index (χ0) is 17.1. The zero-order valence-electron chi connectivity index (χ0n) is 14.9. The molecule has 7 nitrogen and oxygen atoms in total. The van der Waals surface area contributed by atoms with E-state index in [0.717, 1.165) is 31.8 Å². The van der Waals surface area contributed by atoms with Gasteiger partial charge in [-0.05, 0) is 51.9 Å². The molecule has 0 aromatic carbocycles. The second-order valence-electron chi connectivity index (χ2n) is 7.35. The smallest absolute Gasteiger partial charge is 0.282 e. The first-order valence-electron chi connectivity index (χ1n) is 9.66. The van der Waals surface area contributed by atoms with Crippen LogP contribution in [0.2, 0.25) is 0 Å². The number of rotatable bonds is 5. The van der Waals surface area contributed by atoms with Gasteiger partial charge in [-0.2, -0.15) is 0 Å². The fourth-order valence-corrected chi connectivity index (χ4v) is 3.99. The maximum atomic E-state index is 12.7. The van der Waals surface area contributed by atoms with Gasteiger partial charge in [0.2, 0.25) is 0 Å². The van der Waals surface area contributed by atoms with Crippen LogP contribution in [0.1, 0.15) is 38.5 Å². The average Bonchev–Trinajstić information content (AvgIpc) is 3.08. The van der Waals surface area contributed by atoms with Gasteiger partial charge in [-0.1, -0.05) is 12.8 Å². The van der Waals surface area contributed by atoms with Crippen molar-refractivity contribution in [3.63, 3.8) is 0 Å². The second-order valence-corrected chi connectivity index (χ2v) is 7.35. The highest BCUT2D eigenvalue weighted by atomic mass is 16.1. The molecule has 0 spiro atoms. The number of piperidine rings is 2. The molecule has 0 atom stereocenters. The van der Waals surface area contributed by atoms with Crippen molar-refractivity contribution in [2.45, 2.75) is 51.7 Å². The monoisotopic (exact) mass is 344 g/mol. The van der Waals surface area contributed by atoms with Crippen LogP contribution in [0.4, 0.5) is 0 Å². The Labute approximate surface area is 148 Å². The molecule has 25 heavy (non-hydrogen) atoms. The molecule has 0 unspecified atom stereocenters. The summed E-state index contributed by atoms with van der Waals surface area (Å²) in [5.74, 6) is 0. The van der Waals surface area contributed by atoms with E-state index < -0.39 is 0 Å². The number of nitrogens with zero attached hydrogens (tertiary/aromatic N) is 6. The van der Waals surface area contributed by atoms with Crippen molar-refractivity contribution >= 4 is 11.2 Å². The lowest BCUT2D eigenvalue weighted by molar-refractivity contribution is 0.179. The lowest BCUT2D eigenvalue weighted by Crippen LogP contribution is -2.36. The number of aromatic nitrogens is 4. The van der Waals surface area contributed by atoms with E-state index in [1.165, 1.54) is 51.6 Å². The molecule has 0 saturated carbocycles. The summed E-state index contributed by atoms with van der Waals surface area (Å²) in [6.45, 7) is 6.97. The summed E-state index contributed by atoms with van der Waals surface area (Å²) in [6, 6.07) is 0. The molecule has 2 aromatic heterocycles. The second kappa shape index (κ2) is 7.66. The Hall–Kier alpha value is -1.73. The fraction of sp³-hybridized carbons (Fsp3) is 0.722. The Bertz CT molecular complexity index is 755. The van der Waals surface area contributed by atoms with E-state index >= 15 is 0 Å². The van der Waals surface area contributed by atoms with E-state index in [-0.39, 0.29) is 5.56 Å². The van der Waals surface area contributed by atoms with Gasteiger partial charge in [0, 0.05) is 13.1 Å². The highest BCUT2D eigenvalue weighted by Crippen LogP contribution is 2.11. The normalized spacial score (nSPS) is 20.3. The lowest BCUT2D eigenvalue weighted by Gasteiger charge is -2.26. The van der Waals surface area contributed by atoms with Gasteiger partial charge in [-0.25, -0.2) is 9.97 Å². The number of hydrogen-bond acceptors (Lipinski definition) is 5. The van der Waals surface area contributed by atoms with Crippen LogP contribution in [0, 0.1) is 0 Å². The molecule has 0 amide bonds. The summed E-state index contributed by atoms with van der Waals surface area (Å²) in [7, 11) is 0. The van der Waals surface area contributed by atoms with Crippen LogP contribution in [0.5, 0.6) is 0 Å². The van der Waals surface area contributed by atoms with E-state index in [0.29, 0.717) is 12.2 Å². The van der Waals surface area contributed by atoms with Crippen molar-refractivity contribution < 1.29 is 0 Å². The van der Waals surface area contributed by atoms with Gasteiger partial charge < -0.3 is 9.47 Å². The van der Waals surface area contributed by atoms with Crippen molar-refractivity contribution in [1.82, 2.24) is 28.9 Å². The van der Waals surface area contributed by atoms with E-state index in [9.17, 15) is 4.79 Å². The van der Waals surface area contributed by atoms with Crippen molar-refractivity contribution in [2.24, 2.45) is 0 Å². The number of imidazole rings is 1. The minimum atomic E-state index is -0.0210. The van der Waals surface area contributed by atoms with E-state index in [4.69, 9.17) is 0 Å². The SMILES string of the molecule is O=c1c2ncn(CCN3CCCCC3)c2ncn1CN1CCCCC1. The number of likely N-dealkylation sites (tertiary alicyclic amines) is 2. The van der Waals surface area contributed by atoms with Crippen LogP contribution >= 0.6 is 0 Å². The molecule has 136 valence electrons. The predicted molar refractivity (Wildman–Crippen MR) is 97.5 cm³/mol. The van der Waals surface area contributed by atoms with Crippen LogP contribution in [0.15, 0.2) is 17.4 Å². The first-order valence-corrected chi connectivity index (χ1v) is 9.66. The Morgan fingerprint density at radius 1 is 0.760 bits per heavy atom. The molecule has 4 rings (SSSR count). The predicted octanol–water partition coefficient (Wildman–Crippen LogP) is 1.52. The third-order valence-electron chi connectivity index (χ3n) is 5.50. The molecule has 2 aliphatic rings. The van der Waals surface area contributed by atoms with Gasteiger partial charge in [-0.15, -0.1) is 0 Å². The third-order valence-corrected chi connectivity index (χ3v) is 5.50. The molecule has 2 fully saturated rings. The van der Waals surface area contributed by atoms with Gasteiger partial charge >= 0.3 is 0 Å². The van der Waals surface area contributed by atoms with Crippen molar-refractivity contribution in [1.29, 1.82) is 0 Å². The van der Waals surface area contributed by atoms with Crippen LogP contribution in [0.25, 0.3) is 11.2 Å². The van der Waals surface area contributed by atoms with Crippen molar-refractivity contribution in [3.8, 4) is 0 Å². The molecular weight excluding hydrogens is 316 g/mol. The molecule has 2 aliphatic heterocycles. The molecule has 0 bridgehead atoms. The summed E-state index contributed by atoms with van der Waals surface area (Å²) in [4.78, 5) is 26.5. The van der Waals surface area contributed by atoms with Gasteiger partial charge in [0.25, 0.3) is 5.56 Å². The van der Waals surface area contributed by atoms with Crippen LogP contribution in [0.3, 0.4) is 0 Å². The Morgan fingerprint density at radius 2 is 1.40 bits per heavy atom. The zero-order valence-corrected chi connectivity index (χ0v) is 14.9. The summed E-state index contributed by atoms with van der Waals surface area (Å²) in [5.41, 5.74) is 1.20. The Morgan fingerprint density at radius 3 is 2.12 bits per heavy atom. The van der Waals surface area contributed by atoms with Gasteiger partial charge in [0.05, 0.1) is 13.0 Å². The van der Waals surface area contributed by atoms with Crippen molar-refractivity contribution in [3.05, 3.63) is 23.0 Å². The summed E-state index contributed by atoms with van der Waals surface area (Å²) >= 11 is 0. The molecule has 7 heteroatoms. The molecule has 0 radical (unpaired) electrons. The van der Waals surface area contributed by atoms with E-state index in [1.54, 1.807) is 17.2 Å². The van der Waals surface area contributed by atoms with E-state index in [1.807, 2.05) is 4.57 Å². The topological polar surface area (TPSA) is 59.2 Å². The highest BCUT2D eigenvalue weighted by molar-refractivity contribution is 5.68. The summed E-state index contributed by atoms with van der Waals surface area (Å²) < 4.78 is 3.73. The standard InChI is InChI=1S/C18H28N6O/c25-18-16-17(20-14-24(18)15-22-9-5-2-6-10-22)23(13-19-16)12-11-21-7-3-1-4-8-21/h13-14H,1-12,15H2. The quantitative estimate of drug-likeness (QED) is 0.823. The highest BCUT2D eigenvalue weighted by Gasteiger charge is 2.15. The molecule has 0 aliphatic carbocycles. The molecule has 4 heterocycles. The van der Waals surface area contributed by atoms with Gasteiger partial charge in [0.1, 0.15) is 6.33 Å². The fourth-order valence-electron chi connectivity index (χ4n) is 3.99. The van der Waals surface area contributed by atoms with Crippen molar-refractivity contribution in [2.75, 3.05) is 32.7 Å². The minimum Gasteiger partial charge on any atom is -0.314 e. The van der Waals surface area contributed by atoms with Crippen LogP contribution < -0.4 is 5.56 Å². The molecule has 2 saturated heterocycles. The van der Waals surface area contributed by atoms with Gasteiger partial charge in [-0.3, -0.25) is 14.3 Å². The average molecular weight is 344 g/mol. The maximum Gasteiger partial charge on any atom is 0.282 e. The van der Waals surface area contributed by atoms with Gasteiger partial charge in [0.15, 0.2) is 11.2 Å². The Balaban J connectivity index is 1.47. The summed E-state index contributed by atoms with van der Waals surface area (Å²) in [6.07, 6.45) is 11.1. The first-order chi connectivity index (χ1) is 12.3. The molecule has 2 aromatic rings.